The maximum absolute atomic E-state index is 12.9. The Morgan fingerprint density at radius 1 is 1.04 bits per heavy atom. The van der Waals surface area contributed by atoms with Crippen molar-refractivity contribution in [3.05, 3.63) is 65.7 Å². The molecule has 5 nitrogen and oxygen atoms in total. The molecule has 0 saturated carbocycles. The number of rotatable bonds is 7. The summed E-state index contributed by atoms with van der Waals surface area (Å²) in [6, 6.07) is 16.8. The van der Waals surface area contributed by atoms with Gasteiger partial charge in [0.05, 0.1) is 18.0 Å². The van der Waals surface area contributed by atoms with E-state index in [-0.39, 0.29) is 12.5 Å². The molecule has 0 fully saturated rings. The van der Waals surface area contributed by atoms with Crippen LogP contribution >= 0.6 is 11.3 Å². The van der Waals surface area contributed by atoms with Gasteiger partial charge in [0.1, 0.15) is 0 Å². The van der Waals surface area contributed by atoms with Crippen LogP contribution < -0.4 is 14.4 Å². The third-order valence-electron chi connectivity index (χ3n) is 3.56. The molecule has 134 valence electrons. The van der Waals surface area contributed by atoms with E-state index in [2.05, 4.69) is 4.98 Å². The molecule has 0 aliphatic heterocycles. The van der Waals surface area contributed by atoms with Gasteiger partial charge in [-0.05, 0) is 38.1 Å². The first kappa shape index (κ1) is 17.9. The second-order valence-corrected chi connectivity index (χ2v) is 6.34. The standard InChI is InChI=1S/C20H20N2O3S/c1-3-24-17-11-7-8-12-18(17)25-13-19(23)22(16-9-5-4-6-10-16)20-21-15(2)14-26-20/h4-12,14H,3,13H2,1-2H3. The summed E-state index contributed by atoms with van der Waals surface area (Å²) < 4.78 is 11.3. The van der Waals surface area contributed by atoms with Gasteiger partial charge >= 0.3 is 0 Å². The van der Waals surface area contributed by atoms with Gasteiger partial charge in [0, 0.05) is 5.38 Å². The van der Waals surface area contributed by atoms with E-state index in [1.165, 1.54) is 11.3 Å². The van der Waals surface area contributed by atoms with Crippen LogP contribution in [0, 0.1) is 6.92 Å². The van der Waals surface area contributed by atoms with Crippen LogP contribution in [0.4, 0.5) is 10.8 Å². The van der Waals surface area contributed by atoms with Crippen molar-refractivity contribution in [3.8, 4) is 11.5 Å². The number of aryl methyl sites for hydroxylation is 1. The van der Waals surface area contributed by atoms with E-state index in [4.69, 9.17) is 9.47 Å². The third kappa shape index (κ3) is 4.21. The molecule has 3 aromatic rings. The summed E-state index contributed by atoms with van der Waals surface area (Å²) in [4.78, 5) is 19.0. The summed E-state index contributed by atoms with van der Waals surface area (Å²) in [6.45, 7) is 4.23. The van der Waals surface area contributed by atoms with Gasteiger partial charge in [0.2, 0.25) is 0 Å². The number of thiazole rings is 1. The molecule has 0 radical (unpaired) electrons. The molecule has 1 amide bonds. The zero-order valence-electron chi connectivity index (χ0n) is 14.7. The van der Waals surface area contributed by atoms with Crippen LogP contribution in [0.15, 0.2) is 60.0 Å². The van der Waals surface area contributed by atoms with Crippen LogP contribution in [0.1, 0.15) is 12.6 Å². The molecule has 1 heterocycles. The molecule has 0 unspecified atom stereocenters. The molecule has 0 N–H and O–H groups in total. The molecule has 1 aromatic heterocycles. The number of anilines is 2. The van der Waals surface area contributed by atoms with E-state index in [1.807, 2.05) is 67.8 Å². The quantitative estimate of drug-likeness (QED) is 0.612. The molecule has 3 rings (SSSR count). The lowest BCUT2D eigenvalue weighted by Crippen LogP contribution is -2.31. The Labute approximate surface area is 156 Å². The highest BCUT2D eigenvalue weighted by molar-refractivity contribution is 7.14. The summed E-state index contributed by atoms with van der Waals surface area (Å²) >= 11 is 1.43. The Balaban J connectivity index is 1.81. The fourth-order valence-electron chi connectivity index (χ4n) is 2.43. The fourth-order valence-corrected chi connectivity index (χ4v) is 3.27. The van der Waals surface area contributed by atoms with E-state index in [0.29, 0.717) is 23.2 Å². The first-order valence-corrected chi connectivity index (χ1v) is 9.21. The zero-order chi connectivity index (χ0) is 18.4. The first-order valence-electron chi connectivity index (χ1n) is 8.33. The molecular formula is C20H20N2O3S. The van der Waals surface area contributed by atoms with E-state index < -0.39 is 0 Å². The van der Waals surface area contributed by atoms with Crippen molar-refractivity contribution in [2.75, 3.05) is 18.1 Å². The van der Waals surface area contributed by atoms with Gasteiger partial charge in [-0.15, -0.1) is 11.3 Å². The molecule has 0 bridgehead atoms. The number of hydrogen-bond donors (Lipinski definition) is 0. The number of carbonyl (C=O) groups is 1. The van der Waals surface area contributed by atoms with Crippen molar-refractivity contribution in [1.29, 1.82) is 0 Å². The molecule has 0 saturated heterocycles. The average molecular weight is 368 g/mol. The number of nitrogens with zero attached hydrogens (tertiary/aromatic N) is 2. The number of carbonyl (C=O) groups excluding carboxylic acids is 1. The van der Waals surface area contributed by atoms with E-state index >= 15 is 0 Å². The second-order valence-electron chi connectivity index (χ2n) is 5.50. The molecular weight excluding hydrogens is 348 g/mol. The van der Waals surface area contributed by atoms with Gasteiger partial charge in [-0.2, -0.15) is 0 Å². The number of aromatic nitrogens is 1. The Bertz CT molecular complexity index is 864. The fraction of sp³-hybridized carbons (Fsp3) is 0.200. The Kier molecular flexibility index (Phi) is 5.86. The lowest BCUT2D eigenvalue weighted by molar-refractivity contribution is -0.119. The predicted octanol–water partition coefficient (Wildman–Crippen LogP) is 4.59. The topological polar surface area (TPSA) is 51.7 Å². The van der Waals surface area contributed by atoms with Gasteiger partial charge in [0.25, 0.3) is 5.91 Å². The van der Waals surface area contributed by atoms with E-state index in [9.17, 15) is 4.79 Å². The molecule has 0 aliphatic carbocycles. The molecule has 0 aliphatic rings. The molecule has 26 heavy (non-hydrogen) atoms. The van der Waals surface area contributed by atoms with Crippen molar-refractivity contribution in [3.63, 3.8) is 0 Å². The average Bonchev–Trinajstić information content (AvgIpc) is 3.08. The number of para-hydroxylation sites is 3. The van der Waals surface area contributed by atoms with Gasteiger partial charge < -0.3 is 9.47 Å². The predicted molar refractivity (Wildman–Crippen MR) is 104 cm³/mol. The van der Waals surface area contributed by atoms with Gasteiger partial charge in [-0.3, -0.25) is 9.69 Å². The summed E-state index contributed by atoms with van der Waals surface area (Å²) in [7, 11) is 0. The van der Waals surface area contributed by atoms with Gasteiger partial charge in [-0.25, -0.2) is 4.98 Å². The van der Waals surface area contributed by atoms with Crippen LogP contribution in [-0.4, -0.2) is 24.1 Å². The minimum atomic E-state index is -0.197. The van der Waals surface area contributed by atoms with Crippen LogP contribution in [0.5, 0.6) is 11.5 Å². The van der Waals surface area contributed by atoms with E-state index in [1.54, 1.807) is 11.0 Å². The highest BCUT2D eigenvalue weighted by atomic mass is 32.1. The van der Waals surface area contributed by atoms with E-state index in [0.717, 1.165) is 11.4 Å². The first-order chi connectivity index (χ1) is 12.7. The van der Waals surface area contributed by atoms with Crippen molar-refractivity contribution < 1.29 is 14.3 Å². The zero-order valence-corrected chi connectivity index (χ0v) is 15.5. The largest absolute Gasteiger partial charge is 0.490 e. The summed E-state index contributed by atoms with van der Waals surface area (Å²) in [5, 5.41) is 2.55. The minimum absolute atomic E-state index is 0.113. The Hall–Kier alpha value is -2.86. The van der Waals surface area contributed by atoms with Crippen molar-refractivity contribution in [1.82, 2.24) is 4.98 Å². The van der Waals surface area contributed by atoms with Crippen LogP contribution in [-0.2, 0) is 4.79 Å². The highest BCUT2D eigenvalue weighted by Crippen LogP contribution is 2.30. The lowest BCUT2D eigenvalue weighted by atomic mass is 10.3. The van der Waals surface area contributed by atoms with Crippen molar-refractivity contribution in [2.45, 2.75) is 13.8 Å². The van der Waals surface area contributed by atoms with Gasteiger partial charge in [-0.1, -0.05) is 30.3 Å². The van der Waals surface area contributed by atoms with Crippen LogP contribution in [0.3, 0.4) is 0 Å². The number of hydrogen-bond acceptors (Lipinski definition) is 5. The van der Waals surface area contributed by atoms with Crippen LogP contribution in [0.25, 0.3) is 0 Å². The molecule has 2 aromatic carbocycles. The summed E-state index contributed by atoms with van der Waals surface area (Å²) in [5.74, 6) is 0.974. The summed E-state index contributed by atoms with van der Waals surface area (Å²) in [5.41, 5.74) is 1.63. The minimum Gasteiger partial charge on any atom is -0.490 e. The normalized spacial score (nSPS) is 10.4. The third-order valence-corrected chi connectivity index (χ3v) is 4.51. The van der Waals surface area contributed by atoms with Crippen LogP contribution in [0.2, 0.25) is 0 Å². The molecule has 6 heteroatoms. The molecule has 0 atom stereocenters. The number of benzene rings is 2. The Morgan fingerprint density at radius 3 is 2.31 bits per heavy atom. The van der Waals surface area contributed by atoms with Crippen molar-refractivity contribution >= 4 is 28.1 Å². The molecule has 0 spiro atoms. The highest BCUT2D eigenvalue weighted by Gasteiger charge is 2.21. The number of amides is 1. The second kappa shape index (κ2) is 8.49. The maximum atomic E-state index is 12.9. The Morgan fingerprint density at radius 2 is 1.69 bits per heavy atom. The smallest absolute Gasteiger partial charge is 0.271 e. The number of ether oxygens (including phenoxy) is 2. The van der Waals surface area contributed by atoms with Crippen molar-refractivity contribution in [2.24, 2.45) is 0 Å². The monoisotopic (exact) mass is 368 g/mol. The van der Waals surface area contributed by atoms with Gasteiger partial charge in [0.15, 0.2) is 23.2 Å². The maximum Gasteiger partial charge on any atom is 0.271 e. The summed E-state index contributed by atoms with van der Waals surface area (Å²) in [6.07, 6.45) is 0. The lowest BCUT2D eigenvalue weighted by Gasteiger charge is -2.20. The SMILES string of the molecule is CCOc1ccccc1OCC(=O)N(c1ccccc1)c1nc(C)cs1.